The molecule has 0 unspecified atom stereocenters. The van der Waals surface area contributed by atoms with E-state index in [2.05, 4.69) is 10.1 Å². The average Bonchev–Trinajstić information content (AvgIpc) is 2.34. The Balaban J connectivity index is 2.28. The van der Waals surface area contributed by atoms with Crippen LogP contribution in [0.15, 0.2) is 12.7 Å². The second kappa shape index (κ2) is 3.31. The van der Waals surface area contributed by atoms with Crippen molar-refractivity contribution in [2.45, 2.75) is 25.9 Å². The molecule has 0 aliphatic carbocycles. The molecule has 10 heavy (non-hydrogen) atoms. The number of nitrogens with zero attached hydrogens (tertiary/aromatic N) is 3. The third kappa shape index (κ3) is 2.14. The van der Waals surface area contributed by atoms with Gasteiger partial charge in [-0.3, -0.25) is 4.68 Å². The van der Waals surface area contributed by atoms with Crippen molar-refractivity contribution in [3.63, 3.8) is 0 Å². The lowest BCUT2D eigenvalue weighted by molar-refractivity contribution is 0.529. The Morgan fingerprint density at radius 1 is 1.70 bits per heavy atom. The van der Waals surface area contributed by atoms with Crippen LogP contribution in [0.2, 0.25) is 0 Å². The fourth-order valence-electron chi connectivity index (χ4n) is 0.684. The summed E-state index contributed by atoms with van der Waals surface area (Å²) >= 11 is 0. The van der Waals surface area contributed by atoms with Crippen LogP contribution in [0.4, 0.5) is 0 Å². The minimum absolute atomic E-state index is 0.240. The molecule has 0 radical (unpaired) electrons. The van der Waals surface area contributed by atoms with Crippen LogP contribution in [-0.4, -0.2) is 20.8 Å². The Morgan fingerprint density at radius 2 is 2.50 bits per heavy atom. The molecule has 1 rings (SSSR count). The lowest BCUT2D eigenvalue weighted by atomic mass is 10.2. The monoisotopic (exact) mass is 140 g/mol. The van der Waals surface area contributed by atoms with Crippen LogP contribution in [0, 0.1) is 0 Å². The van der Waals surface area contributed by atoms with E-state index in [-0.39, 0.29) is 6.04 Å². The molecule has 4 heteroatoms. The first-order valence-corrected chi connectivity index (χ1v) is 3.37. The predicted octanol–water partition coefficient (Wildman–Crippen LogP) is 0.0154. The smallest absolute Gasteiger partial charge is 0.137 e. The second-order valence-corrected chi connectivity index (χ2v) is 2.42. The van der Waals surface area contributed by atoms with Crippen molar-refractivity contribution in [1.29, 1.82) is 0 Å². The standard InChI is InChI=1S/C6H12N4/c1-6(7)2-3-10-5-8-4-9-10/h4-6H,2-3,7H2,1H3/t6-/m0/s1. The van der Waals surface area contributed by atoms with E-state index in [4.69, 9.17) is 5.73 Å². The summed E-state index contributed by atoms with van der Waals surface area (Å²) in [5.41, 5.74) is 5.55. The Kier molecular flexibility index (Phi) is 2.39. The summed E-state index contributed by atoms with van der Waals surface area (Å²) < 4.78 is 1.78. The van der Waals surface area contributed by atoms with Crippen molar-refractivity contribution < 1.29 is 0 Å². The third-order valence-corrected chi connectivity index (χ3v) is 1.28. The molecule has 2 N–H and O–H groups in total. The first-order valence-electron chi connectivity index (χ1n) is 3.37. The van der Waals surface area contributed by atoms with Gasteiger partial charge in [0.15, 0.2) is 0 Å². The highest BCUT2D eigenvalue weighted by molar-refractivity contribution is 4.58. The zero-order valence-electron chi connectivity index (χ0n) is 6.07. The minimum atomic E-state index is 0.240. The van der Waals surface area contributed by atoms with Crippen LogP contribution < -0.4 is 5.73 Å². The molecule has 0 fully saturated rings. The van der Waals surface area contributed by atoms with Crippen LogP contribution in [-0.2, 0) is 6.54 Å². The maximum Gasteiger partial charge on any atom is 0.137 e. The van der Waals surface area contributed by atoms with Gasteiger partial charge in [-0.25, -0.2) is 4.98 Å². The summed E-state index contributed by atoms with van der Waals surface area (Å²) in [6.45, 7) is 2.84. The number of hydrogen-bond acceptors (Lipinski definition) is 3. The molecule has 4 nitrogen and oxygen atoms in total. The van der Waals surface area contributed by atoms with Gasteiger partial charge in [0, 0.05) is 12.6 Å². The third-order valence-electron chi connectivity index (χ3n) is 1.28. The lowest BCUT2D eigenvalue weighted by Crippen LogP contribution is -2.17. The van der Waals surface area contributed by atoms with Gasteiger partial charge >= 0.3 is 0 Å². The van der Waals surface area contributed by atoms with Gasteiger partial charge in [-0.15, -0.1) is 0 Å². The van der Waals surface area contributed by atoms with Gasteiger partial charge in [-0.1, -0.05) is 0 Å². The summed E-state index contributed by atoms with van der Waals surface area (Å²) in [5, 5.41) is 3.94. The number of hydrogen-bond donors (Lipinski definition) is 1. The van der Waals surface area contributed by atoms with Gasteiger partial charge in [-0.2, -0.15) is 5.10 Å². The largest absolute Gasteiger partial charge is 0.328 e. The van der Waals surface area contributed by atoms with E-state index in [1.807, 2.05) is 6.92 Å². The first-order chi connectivity index (χ1) is 4.79. The summed E-state index contributed by atoms with van der Waals surface area (Å²) in [6, 6.07) is 0.240. The van der Waals surface area contributed by atoms with E-state index in [1.165, 1.54) is 6.33 Å². The van der Waals surface area contributed by atoms with Crippen molar-refractivity contribution in [2.75, 3.05) is 0 Å². The van der Waals surface area contributed by atoms with Gasteiger partial charge in [0.2, 0.25) is 0 Å². The molecule has 1 heterocycles. The van der Waals surface area contributed by atoms with E-state index in [0.29, 0.717) is 0 Å². The topological polar surface area (TPSA) is 56.7 Å². The molecule has 0 aliphatic rings. The fraction of sp³-hybridized carbons (Fsp3) is 0.667. The van der Waals surface area contributed by atoms with Crippen LogP contribution in [0.3, 0.4) is 0 Å². The number of nitrogens with two attached hydrogens (primary N) is 1. The molecular weight excluding hydrogens is 128 g/mol. The molecule has 0 bridgehead atoms. The molecule has 0 spiro atoms. The van der Waals surface area contributed by atoms with Crippen molar-refractivity contribution in [2.24, 2.45) is 5.73 Å². The zero-order valence-corrected chi connectivity index (χ0v) is 6.07. The normalized spacial score (nSPS) is 13.4. The minimum Gasteiger partial charge on any atom is -0.328 e. The van der Waals surface area contributed by atoms with Gasteiger partial charge in [0.05, 0.1) is 0 Å². The molecule has 0 saturated heterocycles. The zero-order chi connectivity index (χ0) is 7.40. The Labute approximate surface area is 60.1 Å². The van der Waals surface area contributed by atoms with E-state index in [9.17, 15) is 0 Å². The highest BCUT2D eigenvalue weighted by atomic mass is 15.3. The maximum atomic E-state index is 5.55. The summed E-state index contributed by atoms with van der Waals surface area (Å²) in [5.74, 6) is 0. The molecule has 0 aromatic carbocycles. The van der Waals surface area contributed by atoms with Crippen LogP contribution in [0.5, 0.6) is 0 Å². The van der Waals surface area contributed by atoms with Crippen molar-refractivity contribution in [1.82, 2.24) is 14.8 Å². The molecule has 56 valence electrons. The van der Waals surface area contributed by atoms with E-state index in [0.717, 1.165) is 13.0 Å². The van der Waals surface area contributed by atoms with Crippen LogP contribution in [0.1, 0.15) is 13.3 Å². The van der Waals surface area contributed by atoms with Gasteiger partial charge in [0.1, 0.15) is 12.7 Å². The quantitative estimate of drug-likeness (QED) is 0.643. The van der Waals surface area contributed by atoms with Crippen LogP contribution >= 0.6 is 0 Å². The molecule has 1 atom stereocenters. The van der Waals surface area contributed by atoms with Crippen molar-refractivity contribution in [3.8, 4) is 0 Å². The lowest BCUT2D eigenvalue weighted by Gasteiger charge is -2.02. The van der Waals surface area contributed by atoms with Gasteiger partial charge in [0.25, 0.3) is 0 Å². The SMILES string of the molecule is C[C@H](N)CCn1cncn1. The highest BCUT2D eigenvalue weighted by Crippen LogP contribution is 1.89. The van der Waals surface area contributed by atoms with Gasteiger partial charge in [-0.05, 0) is 13.3 Å². The number of aryl methyl sites for hydroxylation is 1. The molecular formula is C6H12N4. The van der Waals surface area contributed by atoms with Gasteiger partial charge < -0.3 is 5.73 Å². The summed E-state index contributed by atoms with van der Waals surface area (Å²) in [7, 11) is 0. The number of aromatic nitrogens is 3. The van der Waals surface area contributed by atoms with Crippen molar-refractivity contribution >= 4 is 0 Å². The fourth-order valence-corrected chi connectivity index (χ4v) is 0.684. The Morgan fingerprint density at radius 3 is 3.00 bits per heavy atom. The van der Waals surface area contributed by atoms with Crippen LogP contribution in [0.25, 0.3) is 0 Å². The molecule has 0 amide bonds. The second-order valence-electron chi connectivity index (χ2n) is 2.42. The number of rotatable bonds is 3. The van der Waals surface area contributed by atoms with E-state index < -0.39 is 0 Å². The average molecular weight is 140 g/mol. The maximum absolute atomic E-state index is 5.55. The molecule has 0 saturated carbocycles. The van der Waals surface area contributed by atoms with E-state index >= 15 is 0 Å². The summed E-state index contributed by atoms with van der Waals surface area (Å²) in [6.07, 6.45) is 4.17. The Hall–Kier alpha value is -0.900. The highest BCUT2D eigenvalue weighted by Gasteiger charge is 1.94. The molecule has 1 aromatic rings. The van der Waals surface area contributed by atoms with E-state index in [1.54, 1.807) is 11.0 Å². The molecule has 0 aliphatic heterocycles. The summed E-state index contributed by atoms with van der Waals surface area (Å²) in [4.78, 5) is 3.81. The molecule has 1 aromatic heterocycles. The predicted molar refractivity (Wildman–Crippen MR) is 38.3 cm³/mol. The Bertz CT molecular complexity index is 168. The van der Waals surface area contributed by atoms with Crippen molar-refractivity contribution in [3.05, 3.63) is 12.7 Å². The first kappa shape index (κ1) is 7.21.